The fourth-order valence-electron chi connectivity index (χ4n) is 1.33. The van der Waals surface area contributed by atoms with Crippen LogP contribution in [0.15, 0.2) is 0 Å². The SMILES string of the molecule is CC(=O)c1c(N)nc(NC2CC2)nc1N. The summed E-state index contributed by atoms with van der Waals surface area (Å²) in [6, 6.07) is 0.423. The standard InChI is InChI=1S/C9H13N5O/c1-4(15)6-7(10)13-9(14-8(6)11)12-5-2-3-5/h5H,2-3H2,1H3,(H5,10,11,12,13,14). The number of Topliss-reactive ketones (excluding diaryl/α,β-unsaturated/α-hetero) is 1. The van der Waals surface area contributed by atoms with Gasteiger partial charge in [0.25, 0.3) is 0 Å². The highest BCUT2D eigenvalue weighted by atomic mass is 16.1. The number of nitrogens with zero attached hydrogens (tertiary/aromatic N) is 2. The molecule has 5 N–H and O–H groups in total. The van der Waals surface area contributed by atoms with Gasteiger partial charge in [-0.3, -0.25) is 4.79 Å². The molecule has 0 aliphatic heterocycles. The van der Waals surface area contributed by atoms with Crippen LogP contribution in [-0.4, -0.2) is 21.8 Å². The molecule has 0 spiro atoms. The number of rotatable bonds is 3. The zero-order chi connectivity index (χ0) is 11.0. The second-order valence-electron chi connectivity index (χ2n) is 3.67. The third-order valence-electron chi connectivity index (χ3n) is 2.23. The predicted molar refractivity (Wildman–Crippen MR) is 57.5 cm³/mol. The van der Waals surface area contributed by atoms with Crippen LogP contribution in [0.1, 0.15) is 30.1 Å². The molecule has 0 aromatic carbocycles. The lowest BCUT2D eigenvalue weighted by molar-refractivity contribution is 0.101. The largest absolute Gasteiger partial charge is 0.383 e. The number of nitrogens with one attached hydrogen (secondary N) is 1. The van der Waals surface area contributed by atoms with Crippen molar-refractivity contribution in [2.24, 2.45) is 0 Å². The Kier molecular flexibility index (Phi) is 2.18. The van der Waals surface area contributed by atoms with Crippen LogP contribution in [0.2, 0.25) is 0 Å². The van der Waals surface area contributed by atoms with Crippen molar-refractivity contribution < 1.29 is 4.79 Å². The maximum Gasteiger partial charge on any atom is 0.226 e. The Labute approximate surface area is 87.1 Å². The number of nitrogen functional groups attached to an aromatic ring is 2. The number of anilines is 3. The van der Waals surface area contributed by atoms with E-state index in [0.29, 0.717) is 12.0 Å². The van der Waals surface area contributed by atoms with Crippen LogP contribution in [0.25, 0.3) is 0 Å². The quantitative estimate of drug-likeness (QED) is 0.620. The molecule has 1 aliphatic carbocycles. The Hall–Kier alpha value is -1.85. The lowest BCUT2D eigenvalue weighted by Gasteiger charge is -2.08. The van der Waals surface area contributed by atoms with Gasteiger partial charge < -0.3 is 16.8 Å². The van der Waals surface area contributed by atoms with Crippen molar-refractivity contribution in [1.29, 1.82) is 0 Å². The van der Waals surface area contributed by atoms with E-state index in [4.69, 9.17) is 11.5 Å². The first-order valence-electron chi connectivity index (χ1n) is 4.78. The lowest BCUT2D eigenvalue weighted by Crippen LogP contribution is -2.13. The lowest BCUT2D eigenvalue weighted by atomic mass is 10.2. The van der Waals surface area contributed by atoms with E-state index >= 15 is 0 Å². The van der Waals surface area contributed by atoms with E-state index in [-0.39, 0.29) is 23.0 Å². The Bertz CT molecular complexity index is 390. The summed E-state index contributed by atoms with van der Waals surface area (Å²) in [4.78, 5) is 19.2. The highest BCUT2D eigenvalue weighted by Gasteiger charge is 2.23. The fourth-order valence-corrected chi connectivity index (χ4v) is 1.33. The molecule has 0 bridgehead atoms. The zero-order valence-corrected chi connectivity index (χ0v) is 8.45. The molecule has 1 heterocycles. The van der Waals surface area contributed by atoms with Gasteiger partial charge in [0.05, 0.1) is 0 Å². The summed E-state index contributed by atoms with van der Waals surface area (Å²) in [5, 5.41) is 3.07. The van der Waals surface area contributed by atoms with Gasteiger partial charge in [-0.15, -0.1) is 0 Å². The maximum absolute atomic E-state index is 11.2. The molecule has 6 heteroatoms. The van der Waals surface area contributed by atoms with Crippen LogP contribution >= 0.6 is 0 Å². The van der Waals surface area contributed by atoms with Crippen molar-refractivity contribution in [3.8, 4) is 0 Å². The van der Waals surface area contributed by atoms with Gasteiger partial charge in [0, 0.05) is 6.04 Å². The summed E-state index contributed by atoms with van der Waals surface area (Å²) >= 11 is 0. The van der Waals surface area contributed by atoms with Gasteiger partial charge in [-0.05, 0) is 19.8 Å². The zero-order valence-electron chi connectivity index (χ0n) is 8.45. The first-order chi connectivity index (χ1) is 7.08. The molecule has 1 aromatic heterocycles. The third-order valence-corrected chi connectivity index (χ3v) is 2.23. The summed E-state index contributed by atoms with van der Waals surface area (Å²) in [5.74, 6) is 0.455. The molecular weight excluding hydrogens is 194 g/mol. The highest BCUT2D eigenvalue weighted by Crippen LogP contribution is 2.25. The van der Waals surface area contributed by atoms with Gasteiger partial charge in [0.1, 0.15) is 17.2 Å². The monoisotopic (exact) mass is 207 g/mol. The number of nitrogens with two attached hydrogens (primary N) is 2. The van der Waals surface area contributed by atoms with E-state index in [2.05, 4.69) is 15.3 Å². The first kappa shape index (κ1) is 9.70. The molecule has 1 aliphatic rings. The van der Waals surface area contributed by atoms with Crippen molar-refractivity contribution >= 4 is 23.4 Å². The summed E-state index contributed by atoms with van der Waals surface area (Å²) in [6.07, 6.45) is 2.22. The van der Waals surface area contributed by atoms with Crippen molar-refractivity contribution in [3.05, 3.63) is 5.56 Å². The van der Waals surface area contributed by atoms with Crippen LogP contribution in [0.5, 0.6) is 0 Å². The Balaban J connectivity index is 2.32. The van der Waals surface area contributed by atoms with Crippen molar-refractivity contribution in [2.75, 3.05) is 16.8 Å². The normalized spacial score (nSPS) is 15.0. The molecule has 1 fully saturated rings. The van der Waals surface area contributed by atoms with Gasteiger partial charge in [-0.2, -0.15) is 9.97 Å². The molecule has 0 radical (unpaired) electrons. The molecular formula is C9H13N5O. The van der Waals surface area contributed by atoms with Crippen LogP contribution in [0.3, 0.4) is 0 Å². The van der Waals surface area contributed by atoms with Gasteiger partial charge in [0.15, 0.2) is 5.78 Å². The van der Waals surface area contributed by atoms with Crippen LogP contribution in [0, 0.1) is 0 Å². The van der Waals surface area contributed by atoms with Gasteiger partial charge >= 0.3 is 0 Å². The number of hydrogen-bond donors (Lipinski definition) is 3. The second kappa shape index (κ2) is 3.38. The number of hydrogen-bond acceptors (Lipinski definition) is 6. The van der Waals surface area contributed by atoms with E-state index in [1.54, 1.807) is 0 Å². The molecule has 0 unspecified atom stereocenters. The Morgan fingerprint density at radius 1 is 1.33 bits per heavy atom. The van der Waals surface area contributed by atoms with E-state index in [1.165, 1.54) is 6.92 Å². The summed E-state index contributed by atoms with van der Waals surface area (Å²) in [6.45, 7) is 1.39. The van der Waals surface area contributed by atoms with Gasteiger partial charge in [0.2, 0.25) is 5.95 Å². The minimum Gasteiger partial charge on any atom is -0.383 e. The summed E-state index contributed by atoms with van der Waals surface area (Å²) in [7, 11) is 0. The maximum atomic E-state index is 11.2. The van der Waals surface area contributed by atoms with E-state index in [9.17, 15) is 4.79 Å². The molecule has 0 atom stereocenters. The third kappa shape index (κ3) is 1.98. The Morgan fingerprint density at radius 3 is 2.27 bits per heavy atom. The molecule has 80 valence electrons. The topological polar surface area (TPSA) is 107 Å². The minimum atomic E-state index is -0.219. The molecule has 0 amide bonds. The molecule has 1 aromatic rings. The van der Waals surface area contributed by atoms with Crippen molar-refractivity contribution in [2.45, 2.75) is 25.8 Å². The number of aromatic nitrogens is 2. The highest BCUT2D eigenvalue weighted by molar-refractivity contribution is 6.02. The molecule has 0 saturated heterocycles. The number of ketones is 1. The smallest absolute Gasteiger partial charge is 0.226 e. The Morgan fingerprint density at radius 2 is 1.87 bits per heavy atom. The second-order valence-corrected chi connectivity index (χ2v) is 3.67. The average molecular weight is 207 g/mol. The van der Waals surface area contributed by atoms with E-state index < -0.39 is 0 Å². The molecule has 2 rings (SSSR count). The number of carbonyl (C=O) groups excluding carboxylic acids is 1. The van der Waals surface area contributed by atoms with Gasteiger partial charge in [-0.25, -0.2) is 0 Å². The minimum absolute atomic E-state index is 0.137. The fraction of sp³-hybridized carbons (Fsp3) is 0.444. The summed E-state index contributed by atoms with van der Waals surface area (Å²) < 4.78 is 0. The summed E-state index contributed by atoms with van der Waals surface area (Å²) in [5.41, 5.74) is 11.5. The van der Waals surface area contributed by atoms with E-state index in [0.717, 1.165) is 12.8 Å². The molecule has 1 saturated carbocycles. The first-order valence-corrected chi connectivity index (χ1v) is 4.78. The average Bonchev–Trinajstić information content (AvgIpc) is 2.85. The van der Waals surface area contributed by atoms with Crippen LogP contribution in [0.4, 0.5) is 17.6 Å². The van der Waals surface area contributed by atoms with Crippen LogP contribution in [-0.2, 0) is 0 Å². The van der Waals surface area contributed by atoms with Crippen molar-refractivity contribution in [3.63, 3.8) is 0 Å². The van der Waals surface area contributed by atoms with Crippen LogP contribution < -0.4 is 16.8 Å². The van der Waals surface area contributed by atoms with E-state index in [1.807, 2.05) is 0 Å². The number of carbonyl (C=O) groups is 1. The predicted octanol–water partition coefficient (Wildman–Crippen LogP) is 0.418. The molecule has 6 nitrogen and oxygen atoms in total. The van der Waals surface area contributed by atoms with Gasteiger partial charge in [-0.1, -0.05) is 0 Å². The molecule has 15 heavy (non-hydrogen) atoms. The van der Waals surface area contributed by atoms with Crippen molar-refractivity contribution in [1.82, 2.24) is 9.97 Å².